The van der Waals surface area contributed by atoms with Crippen LogP contribution in [0.3, 0.4) is 0 Å². The molecule has 116 valence electrons. The smallest absolute Gasteiger partial charge is 0.236 e. The van der Waals surface area contributed by atoms with E-state index < -0.39 is 0 Å². The number of likely N-dealkylation sites (N-methyl/N-ethyl adjacent to an activating group) is 1. The fourth-order valence-corrected chi connectivity index (χ4v) is 2.42. The second kappa shape index (κ2) is 8.00. The standard InChI is InChI=1S/C16H24N2O3/c1-3-21-15-7-5-4-6-14(15)12-17(2)13-16(19)18-8-10-20-11-9-18/h4-7H,3,8-13H2,1-2H3. The van der Waals surface area contributed by atoms with Crippen molar-refractivity contribution in [1.82, 2.24) is 9.80 Å². The van der Waals surface area contributed by atoms with E-state index in [4.69, 9.17) is 9.47 Å². The highest BCUT2D eigenvalue weighted by Crippen LogP contribution is 2.19. The molecule has 1 aliphatic heterocycles. The highest BCUT2D eigenvalue weighted by atomic mass is 16.5. The summed E-state index contributed by atoms with van der Waals surface area (Å²) in [5, 5.41) is 0. The fraction of sp³-hybridized carbons (Fsp3) is 0.562. The van der Waals surface area contributed by atoms with Crippen molar-refractivity contribution in [3.63, 3.8) is 0 Å². The van der Waals surface area contributed by atoms with Gasteiger partial charge in [0, 0.05) is 25.2 Å². The van der Waals surface area contributed by atoms with Crippen molar-refractivity contribution in [3.05, 3.63) is 29.8 Å². The Morgan fingerprint density at radius 1 is 1.33 bits per heavy atom. The van der Waals surface area contributed by atoms with Gasteiger partial charge in [0.2, 0.25) is 5.91 Å². The summed E-state index contributed by atoms with van der Waals surface area (Å²) in [6, 6.07) is 7.97. The van der Waals surface area contributed by atoms with Gasteiger partial charge in [-0.05, 0) is 20.0 Å². The van der Waals surface area contributed by atoms with Crippen LogP contribution >= 0.6 is 0 Å². The zero-order valence-corrected chi connectivity index (χ0v) is 12.9. The first-order valence-electron chi connectivity index (χ1n) is 7.45. The zero-order chi connectivity index (χ0) is 15.1. The first-order chi connectivity index (χ1) is 10.2. The van der Waals surface area contributed by atoms with Gasteiger partial charge in [-0.2, -0.15) is 0 Å². The molecule has 5 nitrogen and oxygen atoms in total. The van der Waals surface area contributed by atoms with E-state index in [1.165, 1.54) is 0 Å². The fourth-order valence-electron chi connectivity index (χ4n) is 2.42. The van der Waals surface area contributed by atoms with Crippen molar-refractivity contribution in [3.8, 4) is 5.75 Å². The summed E-state index contributed by atoms with van der Waals surface area (Å²) < 4.78 is 10.9. The summed E-state index contributed by atoms with van der Waals surface area (Å²) in [4.78, 5) is 16.1. The van der Waals surface area contributed by atoms with Gasteiger partial charge in [0.1, 0.15) is 5.75 Å². The average Bonchev–Trinajstić information content (AvgIpc) is 2.50. The maximum Gasteiger partial charge on any atom is 0.236 e. The molecular formula is C16H24N2O3. The molecule has 0 atom stereocenters. The van der Waals surface area contributed by atoms with Crippen LogP contribution in [0, 0.1) is 0 Å². The number of ether oxygens (including phenoxy) is 2. The lowest BCUT2D eigenvalue weighted by atomic mass is 10.2. The highest BCUT2D eigenvalue weighted by molar-refractivity contribution is 5.78. The molecule has 21 heavy (non-hydrogen) atoms. The summed E-state index contributed by atoms with van der Waals surface area (Å²) in [7, 11) is 1.96. The molecular weight excluding hydrogens is 268 g/mol. The van der Waals surface area contributed by atoms with Crippen molar-refractivity contribution in [2.24, 2.45) is 0 Å². The van der Waals surface area contributed by atoms with Crippen LogP contribution in [-0.4, -0.2) is 62.2 Å². The van der Waals surface area contributed by atoms with E-state index in [1.54, 1.807) is 0 Å². The first kappa shape index (κ1) is 15.8. The third kappa shape index (κ3) is 4.72. The van der Waals surface area contributed by atoms with Crippen molar-refractivity contribution in [1.29, 1.82) is 0 Å². The van der Waals surface area contributed by atoms with Gasteiger partial charge >= 0.3 is 0 Å². The van der Waals surface area contributed by atoms with Gasteiger partial charge in [-0.1, -0.05) is 18.2 Å². The topological polar surface area (TPSA) is 42.0 Å². The second-order valence-electron chi connectivity index (χ2n) is 5.21. The SMILES string of the molecule is CCOc1ccccc1CN(C)CC(=O)N1CCOCC1. The minimum atomic E-state index is 0.162. The number of para-hydroxylation sites is 1. The van der Waals surface area contributed by atoms with E-state index in [9.17, 15) is 4.79 Å². The van der Waals surface area contributed by atoms with Crippen molar-refractivity contribution in [2.45, 2.75) is 13.5 Å². The zero-order valence-electron chi connectivity index (χ0n) is 12.9. The van der Waals surface area contributed by atoms with Gasteiger partial charge in [0.05, 0.1) is 26.4 Å². The third-order valence-corrected chi connectivity index (χ3v) is 3.48. The molecule has 1 fully saturated rings. The van der Waals surface area contributed by atoms with Crippen LogP contribution in [0.1, 0.15) is 12.5 Å². The summed E-state index contributed by atoms with van der Waals surface area (Å²) in [5.74, 6) is 1.06. The Morgan fingerprint density at radius 3 is 2.76 bits per heavy atom. The number of rotatable bonds is 6. The Kier molecular flexibility index (Phi) is 6.02. The van der Waals surface area contributed by atoms with E-state index in [0.717, 1.165) is 11.3 Å². The molecule has 1 saturated heterocycles. The molecule has 0 N–H and O–H groups in total. The molecule has 0 radical (unpaired) electrons. The van der Waals surface area contributed by atoms with Gasteiger partial charge in [0.15, 0.2) is 0 Å². The number of hydrogen-bond donors (Lipinski definition) is 0. The minimum Gasteiger partial charge on any atom is -0.494 e. The summed E-state index contributed by atoms with van der Waals surface area (Å²) >= 11 is 0. The number of nitrogens with zero attached hydrogens (tertiary/aromatic N) is 2. The molecule has 5 heteroatoms. The maximum absolute atomic E-state index is 12.2. The third-order valence-electron chi connectivity index (χ3n) is 3.48. The summed E-state index contributed by atoms with van der Waals surface area (Å²) in [6.07, 6.45) is 0. The molecule has 1 heterocycles. The van der Waals surface area contributed by atoms with Crippen LogP contribution in [0.4, 0.5) is 0 Å². The Hall–Kier alpha value is -1.59. The molecule has 0 unspecified atom stereocenters. The number of benzene rings is 1. The highest BCUT2D eigenvalue weighted by Gasteiger charge is 2.18. The lowest BCUT2D eigenvalue weighted by Gasteiger charge is -2.28. The molecule has 1 amide bonds. The number of carbonyl (C=O) groups excluding carboxylic acids is 1. The van der Waals surface area contributed by atoms with Crippen LogP contribution in [0.5, 0.6) is 5.75 Å². The van der Waals surface area contributed by atoms with Gasteiger partial charge in [-0.3, -0.25) is 9.69 Å². The number of hydrogen-bond acceptors (Lipinski definition) is 4. The van der Waals surface area contributed by atoms with E-state index >= 15 is 0 Å². The van der Waals surface area contributed by atoms with E-state index in [0.29, 0.717) is 46.0 Å². The molecule has 0 bridgehead atoms. The largest absolute Gasteiger partial charge is 0.494 e. The Balaban J connectivity index is 1.89. The van der Waals surface area contributed by atoms with Crippen LogP contribution in [-0.2, 0) is 16.1 Å². The predicted molar refractivity (Wildman–Crippen MR) is 81.3 cm³/mol. The van der Waals surface area contributed by atoms with E-state index in [1.807, 2.05) is 48.0 Å². The van der Waals surface area contributed by atoms with Crippen LogP contribution in [0.2, 0.25) is 0 Å². The lowest BCUT2D eigenvalue weighted by molar-refractivity contribution is -0.136. The van der Waals surface area contributed by atoms with Crippen molar-refractivity contribution >= 4 is 5.91 Å². The molecule has 1 aromatic rings. The predicted octanol–water partition coefficient (Wildman–Crippen LogP) is 1.38. The minimum absolute atomic E-state index is 0.162. The Bertz CT molecular complexity index is 459. The molecule has 1 aromatic carbocycles. The van der Waals surface area contributed by atoms with E-state index in [2.05, 4.69) is 0 Å². The average molecular weight is 292 g/mol. The molecule has 0 aromatic heterocycles. The second-order valence-corrected chi connectivity index (χ2v) is 5.21. The molecule has 0 saturated carbocycles. The van der Waals surface area contributed by atoms with Crippen molar-refractivity contribution in [2.75, 3.05) is 46.5 Å². The molecule has 0 aliphatic carbocycles. The Morgan fingerprint density at radius 2 is 2.05 bits per heavy atom. The quantitative estimate of drug-likeness (QED) is 0.794. The number of amides is 1. The first-order valence-corrected chi connectivity index (χ1v) is 7.45. The number of carbonyl (C=O) groups is 1. The van der Waals surface area contributed by atoms with Crippen molar-refractivity contribution < 1.29 is 14.3 Å². The number of morpholine rings is 1. The van der Waals surface area contributed by atoms with Gasteiger partial charge in [-0.25, -0.2) is 0 Å². The lowest BCUT2D eigenvalue weighted by Crippen LogP contribution is -2.44. The van der Waals surface area contributed by atoms with Crippen LogP contribution in [0.25, 0.3) is 0 Å². The molecule has 0 spiro atoms. The van der Waals surface area contributed by atoms with Crippen LogP contribution < -0.4 is 4.74 Å². The van der Waals surface area contributed by atoms with E-state index in [-0.39, 0.29) is 5.91 Å². The summed E-state index contributed by atoms with van der Waals surface area (Å²) in [5.41, 5.74) is 1.11. The van der Waals surface area contributed by atoms with Gasteiger partial charge in [0.25, 0.3) is 0 Å². The maximum atomic E-state index is 12.2. The van der Waals surface area contributed by atoms with Gasteiger partial charge < -0.3 is 14.4 Å². The molecule has 1 aliphatic rings. The molecule has 2 rings (SSSR count). The van der Waals surface area contributed by atoms with Gasteiger partial charge in [-0.15, -0.1) is 0 Å². The summed E-state index contributed by atoms with van der Waals surface area (Å²) in [6.45, 7) is 6.41. The monoisotopic (exact) mass is 292 g/mol. The Labute approximate surface area is 126 Å². The normalized spacial score (nSPS) is 15.3. The van der Waals surface area contributed by atoms with Crippen LogP contribution in [0.15, 0.2) is 24.3 Å².